The lowest BCUT2D eigenvalue weighted by atomic mass is 9.59. The maximum absolute atomic E-state index is 16.3. The Hall–Kier alpha value is -5.38. The number of piperidine rings is 1. The molecule has 0 bridgehead atoms. The van der Waals surface area contributed by atoms with Crippen LogP contribution in [-0.4, -0.2) is 74.6 Å². The van der Waals surface area contributed by atoms with Gasteiger partial charge in [-0.05, 0) is 128 Å². The Morgan fingerprint density at radius 2 is 1.82 bits per heavy atom. The van der Waals surface area contributed by atoms with E-state index in [1.165, 1.54) is 48.4 Å². The van der Waals surface area contributed by atoms with Crippen molar-refractivity contribution in [2.45, 2.75) is 88.1 Å². The van der Waals surface area contributed by atoms with E-state index in [4.69, 9.17) is 9.47 Å². The van der Waals surface area contributed by atoms with Crippen molar-refractivity contribution in [1.82, 2.24) is 19.6 Å². The number of rotatable bonds is 13. The Kier molecular flexibility index (Phi) is 11.8. The SMILES string of the molecule is CC(C)c1ccccc1C1CCCN1C1CC2(CCN(c3cc(Oc4cnc5[nH]ccc5c4)c(C(=O)NS(=O)(=O)c4ccc(NCC5CCOCC5)c(N=O)c4)cc3F)CC2)C1. The number of carbonyl (C=O) groups excluding carboxylic acids is 1. The third-order valence-corrected chi connectivity index (χ3v) is 15.0. The van der Waals surface area contributed by atoms with Gasteiger partial charge in [0.05, 0.1) is 28.0 Å². The zero-order chi connectivity index (χ0) is 43.0. The molecule has 15 heteroatoms. The molecule has 1 atom stereocenters. The molecule has 1 spiro atoms. The van der Waals surface area contributed by atoms with Gasteiger partial charge in [0.25, 0.3) is 15.9 Å². The molecule has 326 valence electrons. The molecule has 5 heterocycles. The average Bonchev–Trinajstić information content (AvgIpc) is 3.96. The molecule has 1 saturated carbocycles. The van der Waals surface area contributed by atoms with Crippen molar-refractivity contribution in [3.05, 3.63) is 107 Å². The van der Waals surface area contributed by atoms with Gasteiger partial charge in [0.2, 0.25) is 0 Å². The van der Waals surface area contributed by atoms with E-state index in [1.54, 1.807) is 12.3 Å². The summed E-state index contributed by atoms with van der Waals surface area (Å²) in [6.45, 7) is 8.81. The summed E-state index contributed by atoms with van der Waals surface area (Å²) in [5, 5.41) is 7.00. The summed E-state index contributed by atoms with van der Waals surface area (Å²) in [6, 6.07) is 19.8. The van der Waals surface area contributed by atoms with Gasteiger partial charge in [-0.15, -0.1) is 4.91 Å². The number of nitrogens with one attached hydrogen (secondary N) is 3. The molecule has 1 unspecified atom stereocenters. The van der Waals surface area contributed by atoms with Gasteiger partial charge in [0.1, 0.15) is 28.7 Å². The van der Waals surface area contributed by atoms with E-state index in [9.17, 15) is 18.1 Å². The van der Waals surface area contributed by atoms with Crippen molar-refractivity contribution in [1.29, 1.82) is 0 Å². The highest BCUT2D eigenvalue weighted by molar-refractivity contribution is 7.90. The third kappa shape index (κ3) is 8.54. The predicted octanol–water partition coefficient (Wildman–Crippen LogP) is 9.56. The molecule has 4 aliphatic rings. The van der Waals surface area contributed by atoms with Crippen LogP contribution >= 0.6 is 0 Å². The van der Waals surface area contributed by atoms with Crippen LogP contribution in [0.25, 0.3) is 11.0 Å². The fourth-order valence-corrected chi connectivity index (χ4v) is 11.2. The Morgan fingerprint density at radius 3 is 2.60 bits per heavy atom. The molecule has 13 nitrogen and oxygen atoms in total. The number of pyridine rings is 1. The summed E-state index contributed by atoms with van der Waals surface area (Å²) in [5.74, 6) is -0.702. The number of benzene rings is 3. The van der Waals surface area contributed by atoms with E-state index < -0.39 is 21.7 Å². The molecule has 3 saturated heterocycles. The molecule has 1 amide bonds. The minimum Gasteiger partial charge on any atom is -0.455 e. The van der Waals surface area contributed by atoms with Crippen LogP contribution in [0.5, 0.6) is 11.5 Å². The number of anilines is 2. The lowest BCUT2D eigenvalue weighted by molar-refractivity contribution is -0.0228. The summed E-state index contributed by atoms with van der Waals surface area (Å²) in [6.07, 6.45) is 11.4. The van der Waals surface area contributed by atoms with Crippen LogP contribution in [0.15, 0.2) is 89.2 Å². The number of aromatic amines is 1. The van der Waals surface area contributed by atoms with E-state index in [0.717, 1.165) is 62.6 Å². The fourth-order valence-electron chi connectivity index (χ4n) is 10.2. The highest BCUT2D eigenvalue weighted by Crippen LogP contribution is 2.54. The number of halogens is 1. The van der Waals surface area contributed by atoms with Gasteiger partial charge in [-0.25, -0.2) is 22.5 Å². The molecule has 3 aromatic carbocycles. The number of hydrogen-bond donors (Lipinski definition) is 3. The normalized spacial score (nSPS) is 19.8. The number of aromatic nitrogens is 2. The average molecular weight is 864 g/mol. The van der Waals surface area contributed by atoms with Gasteiger partial charge in [0, 0.05) is 62.6 Å². The minimum absolute atomic E-state index is 0.0283. The number of likely N-dealkylation sites (tertiary alicyclic amines) is 1. The molecule has 0 radical (unpaired) electrons. The largest absolute Gasteiger partial charge is 0.455 e. The first-order chi connectivity index (χ1) is 30.0. The van der Waals surface area contributed by atoms with Crippen molar-refractivity contribution < 1.29 is 27.1 Å². The minimum atomic E-state index is -4.54. The van der Waals surface area contributed by atoms with Crippen molar-refractivity contribution >= 4 is 44.0 Å². The first kappa shape index (κ1) is 41.9. The zero-order valence-corrected chi connectivity index (χ0v) is 36.1. The van der Waals surface area contributed by atoms with E-state index in [2.05, 4.69) is 68.2 Å². The number of nitroso groups, excluding NO2 is 1. The fraction of sp³-hybridized carbons (Fsp3) is 0.447. The third-order valence-electron chi connectivity index (χ3n) is 13.7. The number of fused-ring (bicyclic) bond motifs is 1. The Bertz CT molecular complexity index is 2560. The second-order valence-corrected chi connectivity index (χ2v) is 19.5. The molecular formula is C47H54FN7O6S. The predicted molar refractivity (Wildman–Crippen MR) is 237 cm³/mol. The number of hydrogen-bond acceptors (Lipinski definition) is 11. The standard InChI is InChI=1S/C47H54FN7O6S/c1-30(2)36-6-3-4-7-37(36)42-8-5-17-55(42)33-26-47(27-33)14-18-54(19-15-47)43-25-44(61-34-22-32-11-16-49-45(32)51-29-34)38(24-39(43)48)46(56)53-62(58,59)35-9-10-40(41(23-35)52-57)50-28-31-12-20-60-21-13-31/h3-4,6-7,9-11,16,22-25,29-31,33,42,50H,5,8,12-15,17-21,26-28H2,1-2H3,(H,49,51)(H,53,56). The first-order valence-corrected chi connectivity index (χ1v) is 23.4. The van der Waals surface area contributed by atoms with Crippen molar-refractivity contribution in [2.24, 2.45) is 16.5 Å². The molecule has 2 aromatic heterocycles. The molecule has 3 aliphatic heterocycles. The van der Waals surface area contributed by atoms with E-state index in [-0.39, 0.29) is 38.7 Å². The number of H-pyrrole nitrogens is 1. The van der Waals surface area contributed by atoms with Crippen LogP contribution in [0.3, 0.4) is 0 Å². The van der Waals surface area contributed by atoms with Crippen molar-refractivity contribution in [2.75, 3.05) is 49.6 Å². The Morgan fingerprint density at radius 1 is 1.03 bits per heavy atom. The lowest BCUT2D eigenvalue weighted by Gasteiger charge is -2.56. The molecular weight excluding hydrogens is 810 g/mol. The molecule has 4 fully saturated rings. The second kappa shape index (κ2) is 17.4. The van der Waals surface area contributed by atoms with Gasteiger partial charge in [-0.2, -0.15) is 0 Å². The van der Waals surface area contributed by atoms with Crippen LogP contribution in [0.4, 0.5) is 21.5 Å². The first-order valence-electron chi connectivity index (χ1n) is 21.9. The monoisotopic (exact) mass is 863 g/mol. The number of nitrogens with zero attached hydrogens (tertiary/aromatic N) is 4. The topological polar surface area (TPSA) is 158 Å². The Balaban J connectivity index is 0.914. The van der Waals surface area contributed by atoms with E-state index in [0.29, 0.717) is 68.1 Å². The van der Waals surface area contributed by atoms with Crippen molar-refractivity contribution in [3.63, 3.8) is 0 Å². The van der Waals surface area contributed by atoms with Gasteiger partial charge in [-0.3, -0.25) is 9.69 Å². The second-order valence-electron chi connectivity index (χ2n) is 17.9. The molecule has 5 aromatic rings. The molecule has 62 heavy (non-hydrogen) atoms. The van der Waals surface area contributed by atoms with Gasteiger partial charge in [-0.1, -0.05) is 38.1 Å². The highest BCUT2D eigenvalue weighted by atomic mass is 32.2. The van der Waals surface area contributed by atoms with Crippen LogP contribution in [-0.2, 0) is 14.8 Å². The quantitative estimate of drug-likeness (QED) is 0.0974. The Labute approximate surface area is 361 Å². The van der Waals surface area contributed by atoms with Crippen LogP contribution in [0, 0.1) is 22.1 Å². The van der Waals surface area contributed by atoms with Crippen LogP contribution < -0.4 is 19.7 Å². The number of sulfonamides is 1. The maximum atomic E-state index is 16.3. The lowest BCUT2D eigenvalue weighted by Crippen LogP contribution is -2.55. The zero-order valence-electron chi connectivity index (χ0n) is 35.2. The molecule has 1 aliphatic carbocycles. The van der Waals surface area contributed by atoms with Crippen LogP contribution in [0.1, 0.15) is 98.7 Å². The smallest absolute Gasteiger partial charge is 0.268 e. The summed E-state index contributed by atoms with van der Waals surface area (Å²) in [5.41, 5.74) is 3.96. The van der Waals surface area contributed by atoms with Gasteiger partial charge < -0.3 is 24.7 Å². The highest BCUT2D eigenvalue weighted by Gasteiger charge is 2.50. The van der Waals surface area contributed by atoms with Gasteiger partial charge in [0.15, 0.2) is 0 Å². The van der Waals surface area contributed by atoms with Gasteiger partial charge >= 0.3 is 0 Å². The number of ether oxygens (including phenoxy) is 2. The summed E-state index contributed by atoms with van der Waals surface area (Å²) in [7, 11) is -4.54. The van der Waals surface area contributed by atoms with E-state index >= 15 is 4.39 Å². The molecule has 9 rings (SSSR count). The van der Waals surface area contributed by atoms with Crippen molar-refractivity contribution in [3.8, 4) is 11.5 Å². The summed E-state index contributed by atoms with van der Waals surface area (Å²) < 4.78 is 57.4. The summed E-state index contributed by atoms with van der Waals surface area (Å²) >= 11 is 0. The van der Waals surface area contributed by atoms with E-state index in [1.807, 2.05) is 11.0 Å². The van der Waals surface area contributed by atoms with Crippen LogP contribution in [0.2, 0.25) is 0 Å². The number of amides is 1. The summed E-state index contributed by atoms with van der Waals surface area (Å²) in [4.78, 5) is 37.6. The molecule has 3 N–H and O–H groups in total. The maximum Gasteiger partial charge on any atom is 0.268 e. The number of carbonyl (C=O) groups is 1.